The second-order valence-electron chi connectivity index (χ2n) is 7.19. The molecule has 1 N–H and O–H groups in total. The SMILES string of the molecule is Cc1cc(CCNC(=O)c2ccc(N3C(=O)C(C)(C)CS3(=O)=O)cc2)no1. The van der Waals surface area contributed by atoms with Gasteiger partial charge in [-0.3, -0.25) is 9.59 Å². The Morgan fingerprint density at radius 3 is 2.48 bits per heavy atom. The van der Waals surface area contributed by atoms with E-state index in [0.717, 1.165) is 10.00 Å². The number of anilines is 1. The van der Waals surface area contributed by atoms with Crippen molar-refractivity contribution in [2.45, 2.75) is 27.2 Å². The van der Waals surface area contributed by atoms with E-state index in [0.29, 0.717) is 24.3 Å². The predicted molar refractivity (Wildman–Crippen MR) is 98.8 cm³/mol. The fraction of sp³-hybridized carbons (Fsp3) is 0.389. The monoisotopic (exact) mass is 391 g/mol. The lowest BCUT2D eigenvalue weighted by Crippen LogP contribution is -2.33. The summed E-state index contributed by atoms with van der Waals surface area (Å²) in [6.45, 7) is 5.39. The van der Waals surface area contributed by atoms with Crippen molar-refractivity contribution in [2.75, 3.05) is 16.6 Å². The summed E-state index contributed by atoms with van der Waals surface area (Å²) in [6.07, 6.45) is 0.538. The van der Waals surface area contributed by atoms with Crippen LogP contribution in [-0.2, 0) is 21.2 Å². The zero-order valence-corrected chi connectivity index (χ0v) is 16.2. The Labute approximate surface area is 157 Å². The van der Waals surface area contributed by atoms with Gasteiger partial charge in [0.2, 0.25) is 15.9 Å². The predicted octanol–water partition coefficient (Wildman–Crippen LogP) is 1.66. The van der Waals surface area contributed by atoms with Gasteiger partial charge in [-0.05, 0) is 45.0 Å². The molecule has 9 heteroatoms. The third kappa shape index (κ3) is 3.87. The van der Waals surface area contributed by atoms with Crippen molar-refractivity contribution in [2.24, 2.45) is 5.41 Å². The molecule has 1 saturated heterocycles. The topological polar surface area (TPSA) is 110 Å². The fourth-order valence-electron chi connectivity index (χ4n) is 2.95. The molecule has 8 nitrogen and oxygen atoms in total. The van der Waals surface area contributed by atoms with Crippen LogP contribution in [0.5, 0.6) is 0 Å². The zero-order valence-electron chi connectivity index (χ0n) is 15.4. The van der Waals surface area contributed by atoms with Crippen LogP contribution < -0.4 is 9.62 Å². The molecule has 0 radical (unpaired) electrons. The lowest BCUT2D eigenvalue weighted by atomic mass is 9.95. The van der Waals surface area contributed by atoms with Gasteiger partial charge in [0.25, 0.3) is 5.91 Å². The highest BCUT2D eigenvalue weighted by molar-refractivity contribution is 7.94. The Bertz CT molecular complexity index is 977. The summed E-state index contributed by atoms with van der Waals surface area (Å²) in [4.78, 5) is 24.6. The van der Waals surface area contributed by atoms with Crippen LogP contribution in [-0.4, -0.2) is 37.7 Å². The van der Waals surface area contributed by atoms with Gasteiger partial charge in [-0.15, -0.1) is 0 Å². The van der Waals surface area contributed by atoms with Gasteiger partial charge in [0, 0.05) is 24.6 Å². The molecule has 0 atom stereocenters. The van der Waals surface area contributed by atoms with Gasteiger partial charge in [-0.25, -0.2) is 12.7 Å². The van der Waals surface area contributed by atoms with Crippen molar-refractivity contribution in [1.29, 1.82) is 0 Å². The second-order valence-corrected chi connectivity index (χ2v) is 9.01. The quantitative estimate of drug-likeness (QED) is 0.830. The van der Waals surface area contributed by atoms with Crippen molar-refractivity contribution in [3.05, 3.63) is 47.3 Å². The third-order valence-corrected chi connectivity index (χ3v) is 6.31. The van der Waals surface area contributed by atoms with Crippen molar-refractivity contribution < 1.29 is 22.5 Å². The van der Waals surface area contributed by atoms with Gasteiger partial charge < -0.3 is 9.84 Å². The smallest absolute Gasteiger partial charge is 0.251 e. The van der Waals surface area contributed by atoms with Gasteiger partial charge >= 0.3 is 0 Å². The molecule has 2 heterocycles. The molecule has 1 aliphatic rings. The minimum absolute atomic E-state index is 0.234. The number of benzene rings is 1. The molecule has 2 aromatic rings. The van der Waals surface area contributed by atoms with E-state index in [1.54, 1.807) is 26.8 Å². The van der Waals surface area contributed by atoms with E-state index in [2.05, 4.69) is 10.5 Å². The molecule has 3 rings (SSSR count). The summed E-state index contributed by atoms with van der Waals surface area (Å²) < 4.78 is 30.4. The van der Waals surface area contributed by atoms with Gasteiger partial charge in [0.1, 0.15) is 5.76 Å². The Hall–Kier alpha value is -2.68. The minimum Gasteiger partial charge on any atom is -0.361 e. The van der Waals surface area contributed by atoms with Crippen molar-refractivity contribution in [3.8, 4) is 0 Å². The number of hydrogen-bond donors (Lipinski definition) is 1. The number of hydrogen-bond acceptors (Lipinski definition) is 6. The minimum atomic E-state index is -3.71. The fourth-order valence-corrected chi connectivity index (χ4v) is 5.06. The van der Waals surface area contributed by atoms with E-state index in [-0.39, 0.29) is 17.3 Å². The highest BCUT2D eigenvalue weighted by Crippen LogP contribution is 2.35. The molecule has 0 unspecified atom stereocenters. The first-order valence-electron chi connectivity index (χ1n) is 8.48. The van der Waals surface area contributed by atoms with Crippen LogP contribution in [0.25, 0.3) is 0 Å². The van der Waals surface area contributed by atoms with Gasteiger partial charge in [-0.1, -0.05) is 5.16 Å². The molecule has 1 aromatic carbocycles. The van der Waals surface area contributed by atoms with E-state index in [4.69, 9.17) is 4.52 Å². The van der Waals surface area contributed by atoms with Gasteiger partial charge in [0.15, 0.2) is 0 Å². The number of amides is 2. The van der Waals surface area contributed by atoms with Crippen molar-refractivity contribution >= 4 is 27.5 Å². The maximum Gasteiger partial charge on any atom is 0.251 e. The molecule has 0 spiro atoms. The average Bonchev–Trinajstić information content (AvgIpc) is 3.05. The molecule has 144 valence electrons. The first-order chi connectivity index (χ1) is 12.6. The maximum atomic E-state index is 12.4. The Morgan fingerprint density at radius 1 is 1.30 bits per heavy atom. The summed E-state index contributed by atoms with van der Waals surface area (Å²) >= 11 is 0. The van der Waals surface area contributed by atoms with Crippen LogP contribution in [0.2, 0.25) is 0 Å². The van der Waals surface area contributed by atoms with Crippen LogP contribution >= 0.6 is 0 Å². The second kappa shape index (κ2) is 6.80. The number of nitrogens with zero attached hydrogens (tertiary/aromatic N) is 2. The molecule has 27 heavy (non-hydrogen) atoms. The summed E-state index contributed by atoms with van der Waals surface area (Å²) in [5, 5.41) is 6.62. The zero-order chi connectivity index (χ0) is 19.8. The third-order valence-electron chi connectivity index (χ3n) is 4.29. The summed E-state index contributed by atoms with van der Waals surface area (Å²) in [6, 6.07) is 7.73. The number of aromatic nitrogens is 1. The molecule has 0 bridgehead atoms. The van der Waals surface area contributed by atoms with Crippen LogP contribution in [0.3, 0.4) is 0 Å². The lowest BCUT2D eigenvalue weighted by molar-refractivity contribution is -0.123. The van der Waals surface area contributed by atoms with E-state index >= 15 is 0 Å². The lowest BCUT2D eigenvalue weighted by Gasteiger charge is -2.17. The van der Waals surface area contributed by atoms with Crippen molar-refractivity contribution in [1.82, 2.24) is 10.5 Å². The number of rotatable bonds is 5. The number of nitrogens with one attached hydrogen (secondary N) is 1. The number of carbonyl (C=O) groups excluding carboxylic acids is 2. The highest BCUT2D eigenvalue weighted by Gasteiger charge is 2.49. The van der Waals surface area contributed by atoms with Crippen LogP contribution in [0, 0.1) is 12.3 Å². The Balaban J connectivity index is 1.66. The summed E-state index contributed by atoms with van der Waals surface area (Å²) in [7, 11) is -3.71. The molecule has 1 aromatic heterocycles. The molecule has 1 fully saturated rings. The standard InChI is InChI=1S/C18H21N3O5S/c1-12-10-14(20-26-12)8-9-19-16(22)13-4-6-15(7-5-13)21-17(23)18(2,3)11-27(21,24)25/h4-7,10H,8-9,11H2,1-3H3,(H,19,22). The maximum absolute atomic E-state index is 12.4. The summed E-state index contributed by atoms with van der Waals surface area (Å²) in [5.74, 6) is -0.287. The van der Waals surface area contributed by atoms with Crippen LogP contribution in [0.15, 0.2) is 34.9 Å². The number of carbonyl (C=O) groups is 2. The highest BCUT2D eigenvalue weighted by atomic mass is 32.2. The number of sulfonamides is 1. The summed E-state index contributed by atoms with van der Waals surface area (Å²) in [5.41, 5.74) is 0.399. The van der Waals surface area contributed by atoms with E-state index in [9.17, 15) is 18.0 Å². The van der Waals surface area contributed by atoms with Gasteiger partial charge in [-0.2, -0.15) is 0 Å². The molecule has 0 saturated carbocycles. The Kier molecular flexibility index (Phi) is 4.81. The molecular weight excluding hydrogens is 370 g/mol. The van der Waals surface area contributed by atoms with Gasteiger partial charge in [0.05, 0.1) is 22.5 Å². The van der Waals surface area contributed by atoms with E-state index in [1.165, 1.54) is 24.3 Å². The van der Waals surface area contributed by atoms with E-state index in [1.807, 2.05) is 0 Å². The first kappa shape index (κ1) is 19.1. The Morgan fingerprint density at radius 2 is 1.96 bits per heavy atom. The molecular formula is C18H21N3O5S. The van der Waals surface area contributed by atoms with Crippen molar-refractivity contribution in [3.63, 3.8) is 0 Å². The normalized spacial score (nSPS) is 17.9. The number of aryl methyl sites for hydroxylation is 1. The molecule has 1 aliphatic heterocycles. The molecule has 0 aliphatic carbocycles. The average molecular weight is 391 g/mol. The largest absolute Gasteiger partial charge is 0.361 e. The van der Waals surface area contributed by atoms with Crippen LogP contribution in [0.1, 0.15) is 35.7 Å². The van der Waals surface area contributed by atoms with E-state index < -0.39 is 21.3 Å². The molecule has 2 amide bonds. The van der Waals surface area contributed by atoms with Crippen LogP contribution in [0.4, 0.5) is 5.69 Å². The first-order valence-corrected chi connectivity index (χ1v) is 10.1.